The van der Waals surface area contributed by atoms with Crippen LogP contribution >= 0.6 is 11.8 Å². The Morgan fingerprint density at radius 3 is 2.40 bits per heavy atom. The average molecular weight is 163 g/mol. The van der Waals surface area contributed by atoms with Crippen molar-refractivity contribution < 1.29 is 5.11 Å². The monoisotopic (exact) mass is 163 g/mol. The highest BCUT2D eigenvalue weighted by Gasteiger charge is 2.07. The Balaban J connectivity index is 3.40. The van der Waals surface area contributed by atoms with Crippen molar-refractivity contribution in [3.8, 4) is 0 Å². The van der Waals surface area contributed by atoms with Gasteiger partial charge in [0.15, 0.2) is 0 Å². The van der Waals surface area contributed by atoms with Crippen LogP contribution in [0.4, 0.5) is 0 Å². The Morgan fingerprint density at radius 1 is 1.50 bits per heavy atom. The van der Waals surface area contributed by atoms with Gasteiger partial charge in [-0.2, -0.15) is 11.8 Å². The molecule has 2 nitrogen and oxygen atoms in total. The summed E-state index contributed by atoms with van der Waals surface area (Å²) < 4.78 is 0. The highest BCUT2D eigenvalue weighted by molar-refractivity contribution is 7.98. The molecule has 10 heavy (non-hydrogen) atoms. The summed E-state index contributed by atoms with van der Waals surface area (Å²) in [6.45, 7) is 0.271. The number of aliphatic hydroxyl groups is 1. The lowest BCUT2D eigenvalue weighted by molar-refractivity contribution is 0.166. The number of hydrogen-bond donors (Lipinski definition) is 1. The predicted octanol–water partition coefficient (Wildman–Crippen LogP) is 0.662. The van der Waals surface area contributed by atoms with Crippen LogP contribution in [-0.2, 0) is 0 Å². The van der Waals surface area contributed by atoms with Crippen LogP contribution in [-0.4, -0.2) is 48.8 Å². The number of nitrogens with zero attached hydrogens (tertiary/aromatic N) is 1. The minimum absolute atomic E-state index is 0.271. The van der Waals surface area contributed by atoms with Crippen molar-refractivity contribution in [2.75, 3.05) is 32.7 Å². The average Bonchev–Trinajstić information content (AvgIpc) is 1.89. The Hall–Kier alpha value is 0.270. The molecular formula is C7H17NOS. The van der Waals surface area contributed by atoms with E-state index in [9.17, 15) is 0 Å². The number of likely N-dealkylation sites (N-methyl/N-ethyl adjacent to an activating group) is 1. The van der Waals surface area contributed by atoms with E-state index in [1.165, 1.54) is 0 Å². The lowest BCUT2D eigenvalue weighted by Crippen LogP contribution is -2.31. The molecule has 0 unspecified atom stereocenters. The molecule has 0 aromatic rings. The first-order valence-corrected chi connectivity index (χ1v) is 4.88. The van der Waals surface area contributed by atoms with E-state index in [1.807, 2.05) is 25.9 Å². The third-order valence-electron chi connectivity index (χ3n) is 1.60. The van der Waals surface area contributed by atoms with Crippen molar-refractivity contribution in [1.82, 2.24) is 4.90 Å². The fraction of sp³-hybridized carbons (Fsp3) is 1.00. The molecule has 0 spiro atoms. The van der Waals surface area contributed by atoms with E-state index >= 15 is 0 Å². The molecule has 0 aromatic heterocycles. The molecule has 0 fully saturated rings. The maximum absolute atomic E-state index is 8.87. The van der Waals surface area contributed by atoms with Crippen molar-refractivity contribution >= 4 is 11.8 Å². The summed E-state index contributed by atoms with van der Waals surface area (Å²) in [7, 11) is 4.00. The highest BCUT2D eigenvalue weighted by Crippen LogP contribution is 2.03. The lowest BCUT2D eigenvalue weighted by Gasteiger charge is -2.21. The summed E-state index contributed by atoms with van der Waals surface area (Å²) in [5.74, 6) is 1.13. The SMILES string of the molecule is CSCC[C@@H](CO)N(C)C. The zero-order chi connectivity index (χ0) is 7.98. The zero-order valence-corrected chi connectivity index (χ0v) is 7.82. The second-order valence-corrected chi connectivity index (χ2v) is 3.57. The van der Waals surface area contributed by atoms with Gasteiger partial charge in [0.1, 0.15) is 0 Å². The minimum Gasteiger partial charge on any atom is -0.395 e. The van der Waals surface area contributed by atoms with Gasteiger partial charge in [-0.05, 0) is 32.5 Å². The molecule has 1 atom stereocenters. The topological polar surface area (TPSA) is 23.5 Å². The quantitative estimate of drug-likeness (QED) is 0.644. The number of hydrogen-bond acceptors (Lipinski definition) is 3. The molecule has 0 radical (unpaired) electrons. The summed E-state index contributed by atoms with van der Waals surface area (Å²) in [6, 6.07) is 0.340. The van der Waals surface area contributed by atoms with Crippen molar-refractivity contribution in [1.29, 1.82) is 0 Å². The van der Waals surface area contributed by atoms with E-state index in [-0.39, 0.29) is 6.61 Å². The first-order valence-electron chi connectivity index (χ1n) is 3.48. The van der Waals surface area contributed by atoms with Gasteiger partial charge in [0.05, 0.1) is 6.61 Å². The highest BCUT2D eigenvalue weighted by atomic mass is 32.2. The van der Waals surface area contributed by atoms with Crippen LogP contribution < -0.4 is 0 Å². The van der Waals surface area contributed by atoms with E-state index in [1.54, 1.807) is 0 Å². The van der Waals surface area contributed by atoms with Gasteiger partial charge in [-0.25, -0.2) is 0 Å². The minimum atomic E-state index is 0.271. The fourth-order valence-electron chi connectivity index (χ4n) is 0.767. The van der Waals surface area contributed by atoms with Crippen molar-refractivity contribution in [3.05, 3.63) is 0 Å². The Kier molecular flexibility index (Phi) is 6.17. The third kappa shape index (κ3) is 4.14. The largest absolute Gasteiger partial charge is 0.395 e. The third-order valence-corrected chi connectivity index (χ3v) is 2.24. The molecule has 0 saturated heterocycles. The second kappa shape index (κ2) is 6.01. The van der Waals surface area contributed by atoms with E-state index in [4.69, 9.17) is 5.11 Å². The first-order chi connectivity index (χ1) is 4.72. The van der Waals surface area contributed by atoms with Gasteiger partial charge in [-0.15, -0.1) is 0 Å². The smallest absolute Gasteiger partial charge is 0.0586 e. The lowest BCUT2D eigenvalue weighted by atomic mass is 10.2. The van der Waals surface area contributed by atoms with Crippen LogP contribution in [0.3, 0.4) is 0 Å². The summed E-state index contributed by atoms with van der Waals surface area (Å²) in [5.41, 5.74) is 0. The molecule has 0 saturated carbocycles. The molecule has 3 heteroatoms. The molecule has 0 aliphatic rings. The van der Waals surface area contributed by atoms with Gasteiger partial charge in [-0.1, -0.05) is 0 Å². The van der Waals surface area contributed by atoms with E-state index in [0.717, 1.165) is 12.2 Å². The maximum Gasteiger partial charge on any atom is 0.0586 e. The van der Waals surface area contributed by atoms with E-state index < -0.39 is 0 Å². The van der Waals surface area contributed by atoms with Crippen LogP contribution in [0.2, 0.25) is 0 Å². The van der Waals surface area contributed by atoms with Gasteiger partial charge in [0.2, 0.25) is 0 Å². The molecule has 0 bridgehead atoms. The van der Waals surface area contributed by atoms with Crippen LogP contribution in [0, 0.1) is 0 Å². The molecule has 0 heterocycles. The number of aliphatic hydroxyl groups excluding tert-OH is 1. The van der Waals surface area contributed by atoms with Crippen LogP contribution in [0.5, 0.6) is 0 Å². The van der Waals surface area contributed by atoms with Gasteiger partial charge >= 0.3 is 0 Å². The summed E-state index contributed by atoms with van der Waals surface area (Å²) in [6.07, 6.45) is 3.16. The molecule has 0 aromatic carbocycles. The van der Waals surface area contributed by atoms with Crippen molar-refractivity contribution in [2.24, 2.45) is 0 Å². The Labute approximate surface area is 67.6 Å². The molecule has 62 valence electrons. The molecule has 1 N–H and O–H groups in total. The van der Waals surface area contributed by atoms with Crippen molar-refractivity contribution in [3.63, 3.8) is 0 Å². The van der Waals surface area contributed by atoms with Crippen molar-refractivity contribution in [2.45, 2.75) is 12.5 Å². The van der Waals surface area contributed by atoms with E-state index in [2.05, 4.69) is 11.2 Å². The van der Waals surface area contributed by atoms with Gasteiger partial charge < -0.3 is 10.0 Å². The summed E-state index contributed by atoms with van der Waals surface area (Å²) >= 11 is 1.82. The second-order valence-electron chi connectivity index (χ2n) is 2.58. The van der Waals surface area contributed by atoms with Gasteiger partial charge in [0, 0.05) is 6.04 Å². The molecule has 0 aliphatic carbocycles. The number of rotatable bonds is 5. The first kappa shape index (κ1) is 10.3. The van der Waals surface area contributed by atoms with Crippen LogP contribution in [0.15, 0.2) is 0 Å². The molecule has 0 aliphatic heterocycles. The number of thioether (sulfide) groups is 1. The van der Waals surface area contributed by atoms with E-state index in [0.29, 0.717) is 6.04 Å². The Bertz CT molecular complexity index is 78.0. The molecular weight excluding hydrogens is 146 g/mol. The normalized spacial score (nSPS) is 14.1. The van der Waals surface area contributed by atoms with Crippen LogP contribution in [0.25, 0.3) is 0 Å². The standard InChI is InChI=1S/C7H17NOS/c1-8(2)7(6-9)4-5-10-3/h7,9H,4-6H2,1-3H3/t7-/m0/s1. The van der Waals surface area contributed by atoms with Gasteiger partial charge in [-0.3, -0.25) is 0 Å². The Morgan fingerprint density at radius 2 is 2.10 bits per heavy atom. The zero-order valence-electron chi connectivity index (χ0n) is 7.00. The molecule has 0 amide bonds. The maximum atomic E-state index is 8.87. The van der Waals surface area contributed by atoms with Gasteiger partial charge in [0.25, 0.3) is 0 Å². The van der Waals surface area contributed by atoms with Crippen LogP contribution in [0.1, 0.15) is 6.42 Å². The predicted molar refractivity (Wildman–Crippen MR) is 47.6 cm³/mol. The summed E-state index contributed by atoms with van der Waals surface area (Å²) in [5, 5.41) is 8.87. The fourth-order valence-corrected chi connectivity index (χ4v) is 1.27. The summed E-state index contributed by atoms with van der Waals surface area (Å²) in [4.78, 5) is 2.07. The molecule has 0 rings (SSSR count).